The molecule has 0 N–H and O–H groups in total. The van der Waals surface area contributed by atoms with Gasteiger partial charge < -0.3 is 14.5 Å². The molecule has 11 heteroatoms. The van der Waals surface area contributed by atoms with E-state index in [1.807, 2.05) is 11.8 Å². The number of carbonyl (C=O) groups is 1. The van der Waals surface area contributed by atoms with Crippen molar-refractivity contribution >= 4 is 23.3 Å². The number of benzene rings is 2. The highest BCUT2D eigenvalue weighted by Crippen LogP contribution is 2.30. The molecule has 4 rings (SSSR count). The molecule has 1 amide bonds. The van der Waals surface area contributed by atoms with Crippen molar-refractivity contribution in [2.45, 2.75) is 19.1 Å². The molecule has 1 atom stereocenters. The van der Waals surface area contributed by atoms with Gasteiger partial charge >= 0.3 is 6.18 Å². The molecule has 0 spiro atoms. The van der Waals surface area contributed by atoms with Crippen molar-refractivity contribution in [3.8, 4) is 11.6 Å². The third kappa shape index (κ3) is 5.22. The van der Waals surface area contributed by atoms with Crippen molar-refractivity contribution in [2.75, 3.05) is 24.5 Å². The molecule has 6 nitrogen and oxygen atoms in total. The topological polar surface area (TPSA) is 58.6 Å². The van der Waals surface area contributed by atoms with Crippen LogP contribution >= 0.6 is 11.6 Å². The number of hydrogen-bond donors (Lipinski definition) is 0. The lowest BCUT2D eigenvalue weighted by atomic mass is 10.1. The van der Waals surface area contributed by atoms with Crippen LogP contribution < -0.4 is 9.64 Å². The maximum absolute atomic E-state index is 13.3. The number of nitrogens with zero attached hydrogens (tertiary/aromatic N) is 4. The first-order valence-electron chi connectivity index (χ1n) is 10.3. The molecule has 1 aliphatic rings. The van der Waals surface area contributed by atoms with Gasteiger partial charge in [0, 0.05) is 43.4 Å². The van der Waals surface area contributed by atoms with Crippen LogP contribution in [0.1, 0.15) is 22.8 Å². The van der Waals surface area contributed by atoms with Crippen LogP contribution in [0.2, 0.25) is 5.02 Å². The van der Waals surface area contributed by atoms with Crippen LogP contribution in [0.4, 0.5) is 23.4 Å². The van der Waals surface area contributed by atoms with Gasteiger partial charge in [0.1, 0.15) is 23.7 Å². The van der Waals surface area contributed by atoms with Crippen LogP contribution in [0.15, 0.2) is 54.9 Å². The predicted molar refractivity (Wildman–Crippen MR) is 118 cm³/mol. The molecule has 2 aromatic carbocycles. The standard InChI is InChI=1S/C23H19ClF4N4O2/c1-14-12-31(8-9-32(14)22(33)15-2-4-16(5-3-15)23(26,27)28)20-11-21(30-13-29-20)34-17-6-7-19(25)18(24)10-17/h2-7,10-11,13-14H,8-9,12H2,1H3/t14-/m0/s1. The maximum atomic E-state index is 13.3. The molecule has 1 aliphatic heterocycles. The lowest BCUT2D eigenvalue weighted by Gasteiger charge is -2.40. The fraction of sp³-hybridized carbons (Fsp3) is 0.261. The van der Waals surface area contributed by atoms with Crippen LogP contribution in [-0.2, 0) is 6.18 Å². The SMILES string of the molecule is C[C@H]1CN(c2cc(Oc3ccc(F)c(Cl)c3)ncn2)CCN1C(=O)c1ccc(C(F)(F)F)cc1. The van der Waals surface area contributed by atoms with Crippen molar-refractivity contribution < 1.29 is 27.1 Å². The summed E-state index contributed by atoms with van der Waals surface area (Å²) in [5.74, 6) is 0.238. The minimum Gasteiger partial charge on any atom is -0.439 e. The summed E-state index contributed by atoms with van der Waals surface area (Å²) in [7, 11) is 0. The molecule has 0 aliphatic carbocycles. The Morgan fingerprint density at radius 3 is 2.47 bits per heavy atom. The molecule has 2 heterocycles. The summed E-state index contributed by atoms with van der Waals surface area (Å²) in [4.78, 5) is 24.8. The maximum Gasteiger partial charge on any atom is 0.416 e. The molecule has 0 bridgehead atoms. The van der Waals surface area contributed by atoms with E-state index in [4.69, 9.17) is 16.3 Å². The number of carbonyl (C=O) groups excluding carboxylic acids is 1. The first-order valence-corrected chi connectivity index (χ1v) is 10.7. The second kappa shape index (κ2) is 9.46. The number of halogens is 5. The average Bonchev–Trinajstić information content (AvgIpc) is 2.81. The minimum atomic E-state index is -4.45. The second-order valence-corrected chi connectivity index (χ2v) is 8.17. The lowest BCUT2D eigenvalue weighted by Crippen LogP contribution is -2.54. The van der Waals surface area contributed by atoms with Gasteiger partial charge in [0.15, 0.2) is 0 Å². The number of hydrogen-bond acceptors (Lipinski definition) is 5. The van der Waals surface area contributed by atoms with Gasteiger partial charge in [-0.25, -0.2) is 14.4 Å². The van der Waals surface area contributed by atoms with E-state index in [2.05, 4.69) is 9.97 Å². The number of aromatic nitrogens is 2. The Morgan fingerprint density at radius 1 is 1.09 bits per heavy atom. The molecule has 1 fully saturated rings. The van der Waals surface area contributed by atoms with E-state index in [0.29, 0.717) is 31.2 Å². The second-order valence-electron chi connectivity index (χ2n) is 7.76. The van der Waals surface area contributed by atoms with Crippen molar-refractivity contribution in [3.05, 3.63) is 76.8 Å². The Bertz CT molecular complexity index is 1190. The largest absolute Gasteiger partial charge is 0.439 e. The smallest absolute Gasteiger partial charge is 0.416 e. The monoisotopic (exact) mass is 494 g/mol. The Kier molecular flexibility index (Phi) is 6.60. The van der Waals surface area contributed by atoms with Crippen LogP contribution in [0.3, 0.4) is 0 Å². The molecule has 0 radical (unpaired) electrons. The number of anilines is 1. The zero-order valence-corrected chi connectivity index (χ0v) is 18.6. The first-order chi connectivity index (χ1) is 16.1. The van der Waals surface area contributed by atoms with Crippen molar-refractivity contribution in [2.24, 2.45) is 0 Å². The summed E-state index contributed by atoms with van der Waals surface area (Å²) in [6.07, 6.45) is -3.12. The zero-order valence-electron chi connectivity index (χ0n) is 17.9. The Balaban J connectivity index is 1.42. The first kappa shape index (κ1) is 23.7. The molecule has 0 saturated carbocycles. The summed E-state index contributed by atoms with van der Waals surface area (Å²) < 4.78 is 57.4. The van der Waals surface area contributed by atoms with Gasteiger partial charge in [-0.2, -0.15) is 13.2 Å². The highest BCUT2D eigenvalue weighted by atomic mass is 35.5. The highest BCUT2D eigenvalue weighted by molar-refractivity contribution is 6.30. The quantitative estimate of drug-likeness (QED) is 0.453. The Labute approximate surface area is 197 Å². The summed E-state index contributed by atoms with van der Waals surface area (Å²) in [6.45, 7) is 3.11. The fourth-order valence-corrected chi connectivity index (χ4v) is 3.83. The van der Waals surface area contributed by atoms with Crippen molar-refractivity contribution in [1.29, 1.82) is 0 Å². The molecule has 0 unspecified atom stereocenters. The molecule has 1 saturated heterocycles. The van der Waals surface area contributed by atoms with Gasteiger partial charge in [-0.1, -0.05) is 11.6 Å². The van der Waals surface area contributed by atoms with Gasteiger partial charge in [-0.15, -0.1) is 0 Å². The van der Waals surface area contributed by atoms with E-state index in [1.54, 1.807) is 11.0 Å². The summed E-state index contributed by atoms with van der Waals surface area (Å²) in [6, 6.07) is 9.56. The van der Waals surface area contributed by atoms with E-state index in [-0.39, 0.29) is 28.4 Å². The van der Waals surface area contributed by atoms with Gasteiger partial charge in [0.2, 0.25) is 5.88 Å². The predicted octanol–water partition coefficient (Wildman–Crippen LogP) is 5.43. The Hall–Kier alpha value is -3.40. The van der Waals surface area contributed by atoms with Crippen LogP contribution in [-0.4, -0.2) is 46.5 Å². The van der Waals surface area contributed by atoms with Crippen LogP contribution in [0.5, 0.6) is 11.6 Å². The van der Waals surface area contributed by atoms with Gasteiger partial charge in [-0.3, -0.25) is 4.79 Å². The number of rotatable bonds is 4. The van der Waals surface area contributed by atoms with Crippen LogP contribution in [0.25, 0.3) is 0 Å². The number of ether oxygens (including phenoxy) is 1. The Morgan fingerprint density at radius 2 is 1.82 bits per heavy atom. The van der Waals surface area contributed by atoms with E-state index < -0.39 is 17.6 Å². The molecule has 1 aromatic heterocycles. The molecular formula is C23H19ClF4N4O2. The van der Waals surface area contributed by atoms with Crippen LogP contribution in [0, 0.1) is 5.82 Å². The van der Waals surface area contributed by atoms with Gasteiger partial charge in [0.25, 0.3) is 5.91 Å². The summed E-state index contributed by atoms with van der Waals surface area (Å²) in [5.41, 5.74) is -0.601. The molecule has 3 aromatic rings. The normalized spacial score (nSPS) is 16.5. The number of piperazine rings is 1. The third-order valence-corrected chi connectivity index (χ3v) is 5.70. The summed E-state index contributed by atoms with van der Waals surface area (Å²) >= 11 is 5.78. The van der Waals surface area contributed by atoms with Gasteiger partial charge in [0.05, 0.1) is 10.6 Å². The van der Waals surface area contributed by atoms with E-state index in [1.165, 1.54) is 36.7 Å². The van der Waals surface area contributed by atoms with Crippen molar-refractivity contribution in [3.63, 3.8) is 0 Å². The minimum absolute atomic E-state index is 0.0746. The molecule has 34 heavy (non-hydrogen) atoms. The highest BCUT2D eigenvalue weighted by Gasteiger charge is 2.32. The third-order valence-electron chi connectivity index (χ3n) is 5.41. The fourth-order valence-electron chi connectivity index (χ4n) is 3.65. The molecule has 178 valence electrons. The number of alkyl halides is 3. The molecular weight excluding hydrogens is 476 g/mol. The average molecular weight is 495 g/mol. The number of amides is 1. The van der Waals surface area contributed by atoms with E-state index in [9.17, 15) is 22.4 Å². The van der Waals surface area contributed by atoms with E-state index >= 15 is 0 Å². The zero-order chi connectivity index (χ0) is 24.5. The summed E-state index contributed by atoms with van der Waals surface area (Å²) in [5, 5.41) is -0.0746. The van der Waals surface area contributed by atoms with E-state index in [0.717, 1.165) is 12.1 Å². The van der Waals surface area contributed by atoms with Gasteiger partial charge in [-0.05, 0) is 43.3 Å². The van der Waals surface area contributed by atoms with Crippen molar-refractivity contribution in [1.82, 2.24) is 14.9 Å². The lowest BCUT2D eigenvalue weighted by molar-refractivity contribution is -0.137.